The third-order valence-electron chi connectivity index (χ3n) is 5.36. The number of carbonyl (C=O) groups excluding carboxylic acids is 1. The van der Waals surface area contributed by atoms with E-state index >= 15 is 0 Å². The van der Waals surface area contributed by atoms with Gasteiger partial charge in [-0.2, -0.15) is 4.31 Å². The van der Waals surface area contributed by atoms with Gasteiger partial charge in [-0.1, -0.05) is 0 Å². The molecule has 4 rings (SSSR count). The van der Waals surface area contributed by atoms with Crippen molar-refractivity contribution in [2.24, 2.45) is 5.92 Å². The molecule has 0 radical (unpaired) electrons. The van der Waals surface area contributed by atoms with Crippen LogP contribution in [0.15, 0.2) is 29.2 Å². The molecule has 0 spiro atoms. The van der Waals surface area contributed by atoms with Gasteiger partial charge in [0.1, 0.15) is 5.82 Å². The number of hydrogen-bond acceptors (Lipinski definition) is 4. The zero-order chi connectivity index (χ0) is 17.6. The lowest BCUT2D eigenvalue weighted by atomic mass is 9.91. The normalized spacial score (nSPS) is 30.0. The number of halogens is 1. The lowest BCUT2D eigenvalue weighted by Gasteiger charge is -2.32. The zero-order valence-electron chi connectivity index (χ0n) is 13.7. The van der Waals surface area contributed by atoms with Crippen molar-refractivity contribution in [3.05, 3.63) is 30.1 Å². The quantitative estimate of drug-likeness (QED) is 0.869. The number of nitrogens with one attached hydrogen (secondary N) is 1. The van der Waals surface area contributed by atoms with E-state index in [-0.39, 0.29) is 42.0 Å². The fraction of sp³-hybridized carbons (Fsp3) is 0.588. The van der Waals surface area contributed by atoms with Gasteiger partial charge in [-0.05, 0) is 49.9 Å². The van der Waals surface area contributed by atoms with E-state index in [1.165, 1.54) is 16.4 Å². The minimum Gasteiger partial charge on any atom is -0.371 e. The summed E-state index contributed by atoms with van der Waals surface area (Å²) in [4.78, 5) is 12.5. The lowest BCUT2D eigenvalue weighted by Crippen LogP contribution is -2.49. The van der Waals surface area contributed by atoms with Crippen molar-refractivity contribution >= 4 is 15.9 Å². The summed E-state index contributed by atoms with van der Waals surface area (Å²) in [5.41, 5.74) is 0. The summed E-state index contributed by atoms with van der Waals surface area (Å²) < 4.78 is 45.8. The number of hydrogen-bond donors (Lipinski definition) is 1. The Morgan fingerprint density at radius 3 is 2.56 bits per heavy atom. The van der Waals surface area contributed by atoms with E-state index in [2.05, 4.69) is 5.32 Å². The Labute approximate surface area is 146 Å². The summed E-state index contributed by atoms with van der Waals surface area (Å²) in [7, 11) is -3.72. The third kappa shape index (κ3) is 3.18. The summed E-state index contributed by atoms with van der Waals surface area (Å²) in [6.45, 7) is 0.377. The molecule has 25 heavy (non-hydrogen) atoms. The van der Waals surface area contributed by atoms with Gasteiger partial charge in [0.25, 0.3) is 0 Å². The van der Waals surface area contributed by atoms with Gasteiger partial charge < -0.3 is 10.1 Å². The molecule has 1 aromatic carbocycles. The molecule has 1 aromatic rings. The Kier molecular flexibility index (Phi) is 4.29. The molecule has 2 heterocycles. The van der Waals surface area contributed by atoms with Gasteiger partial charge in [-0.25, -0.2) is 12.8 Å². The van der Waals surface area contributed by atoms with Gasteiger partial charge in [0, 0.05) is 19.1 Å². The van der Waals surface area contributed by atoms with Crippen molar-refractivity contribution in [2.75, 3.05) is 13.1 Å². The molecule has 3 fully saturated rings. The second-order valence-corrected chi connectivity index (χ2v) is 8.99. The fourth-order valence-corrected chi connectivity index (χ4v) is 5.20. The molecule has 0 unspecified atom stereocenters. The number of carbonyl (C=O) groups is 1. The Bertz CT molecular complexity index is 763. The van der Waals surface area contributed by atoms with E-state index in [0.29, 0.717) is 6.42 Å². The van der Waals surface area contributed by atoms with E-state index in [4.69, 9.17) is 4.74 Å². The van der Waals surface area contributed by atoms with Crippen molar-refractivity contribution in [3.8, 4) is 0 Å². The highest BCUT2D eigenvalue weighted by Crippen LogP contribution is 2.35. The lowest BCUT2D eigenvalue weighted by molar-refractivity contribution is -0.128. The predicted molar refractivity (Wildman–Crippen MR) is 87.7 cm³/mol. The van der Waals surface area contributed by atoms with Gasteiger partial charge in [-0.15, -0.1) is 0 Å². The monoisotopic (exact) mass is 368 g/mol. The van der Waals surface area contributed by atoms with E-state index in [1.807, 2.05) is 0 Å². The maximum absolute atomic E-state index is 13.1. The molecule has 1 amide bonds. The minimum atomic E-state index is -3.72. The number of morpholine rings is 1. The van der Waals surface area contributed by atoms with Crippen LogP contribution in [0.4, 0.5) is 4.39 Å². The smallest absolute Gasteiger partial charge is 0.243 e. The van der Waals surface area contributed by atoms with Crippen LogP contribution in [-0.2, 0) is 19.6 Å². The van der Waals surface area contributed by atoms with Crippen LogP contribution in [0, 0.1) is 11.7 Å². The maximum atomic E-state index is 13.1. The molecule has 8 heteroatoms. The molecule has 2 aliphatic heterocycles. The Morgan fingerprint density at radius 1 is 1.20 bits per heavy atom. The number of amides is 1. The Hall–Kier alpha value is -1.51. The molecule has 3 aliphatic rings. The zero-order valence-corrected chi connectivity index (χ0v) is 14.5. The van der Waals surface area contributed by atoms with E-state index in [0.717, 1.165) is 31.4 Å². The van der Waals surface area contributed by atoms with Crippen LogP contribution >= 0.6 is 0 Å². The average Bonchev–Trinajstić information content (AvgIpc) is 2.85. The molecular formula is C17H21FN2O4S. The summed E-state index contributed by atoms with van der Waals surface area (Å²) in [6.07, 6.45) is 3.01. The Morgan fingerprint density at radius 2 is 1.92 bits per heavy atom. The van der Waals surface area contributed by atoms with Gasteiger partial charge >= 0.3 is 0 Å². The van der Waals surface area contributed by atoms with Gasteiger partial charge in [-0.3, -0.25) is 4.79 Å². The molecule has 2 bridgehead atoms. The highest BCUT2D eigenvalue weighted by atomic mass is 32.2. The van der Waals surface area contributed by atoms with Crippen molar-refractivity contribution in [2.45, 2.75) is 48.8 Å². The SMILES string of the molecule is O=C(NC1CCC1)[C@@H]1C[C@H]2CN(S(=O)(=O)c3ccc(F)cc3)C[C@H]1O2. The highest BCUT2D eigenvalue weighted by molar-refractivity contribution is 7.89. The minimum absolute atomic E-state index is 0.0294. The number of sulfonamides is 1. The van der Waals surface area contributed by atoms with Crippen molar-refractivity contribution in [1.29, 1.82) is 0 Å². The molecule has 136 valence electrons. The first-order valence-corrected chi connectivity index (χ1v) is 10.1. The van der Waals surface area contributed by atoms with Crippen LogP contribution in [0.1, 0.15) is 25.7 Å². The van der Waals surface area contributed by atoms with Gasteiger partial charge in [0.2, 0.25) is 15.9 Å². The van der Waals surface area contributed by atoms with Crippen molar-refractivity contribution < 1.29 is 22.3 Å². The third-order valence-corrected chi connectivity index (χ3v) is 7.21. The first-order valence-electron chi connectivity index (χ1n) is 8.65. The molecule has 0 aromatic heterocycles. The van der Waals surface area contributed by atoms with E-state index in [1.54, 1.807) is 0 Å². The van der Waals surface area contributed by atoms with E-state index < -0.39 is 21.9 Å². The summed E-state index contributed by atoms with van der Waals surface area (Å²) in [5.74, 6) is -0.814. The topological polar surface area (TPSA) is 75.7 Å². The summed E-state index contributed by atoms with van der Waals surface area (Å²) in [5, 5.41) is 3.03. The average molecular weight is 368 g/mol. The molecule has 2 saturated heterocycles. The molecule has 1 N–H and O–H groups in total. The van der Waals surface area contributed by atoms with Crippen LogP contribution in [0.3, 0.4) is 0 Å². The number of nitrogens with zero attached hydrogens (tertiary/aromatic N) is 1. The van der Waals surface area contributed by atoms with Crippen molar-refractivity contribution in [3.63, 3.8) is 0 Å². The van der Waals surface area contributed by atoms with Crippen LogP contribution in [-0.4, -0.2) is 50.0 Å². The fourth-order valence-electron chi connectivity index (χ4n) is 3.71. The summed E-state index contributed by atoms with van der Waals surface area (Å²) in [6, 6.07) is 5.06. The van der Waals surface area contributed by atoms with Crippen LogP contribution in [0.2, 0.25) is 0 Å². The Balaban J connectivity index is 1.47. The van der Waals surface area contributed by atoms with Crippen LogP contribution < -0.4 is 5.32 Å². The maximum Gasteiger partial charge on any atom is 0.243 e. The molecule has 3 atom stereocenters. The van der Waals surface area contributed by atoms with Gasteiger partial charge in [0.05, 0.1) is 23.0 Å². The molecular weight excluding hydrogens is 347 g/mol. The molecule has 6 nitrogen and oxygen atoms in total. The standard InChI is InChI=1S/C17H21FN2O4S/c18-11-4-6-14(7-5-11)25(22,23)20-9-13-8-15(16(10-20)24-13)17(21)19-12-2-1-3-12/h4-7,12-13,15-16H,1-3,8-10H2,(H,19,21)/t13-,15+,16+/m0/s1. The number of benzene rings is 1. The number of ether oxygens (including phenoxy) is 1. The van der Waals surface area contributed by atoms with Crippen molar-refractivity contribution in [1.82, 2.24) is 9.62 Å². The largest absolute Gasteiger partial charge is 0.371 e. The highest BCUT2D eigenvalue weighted by Gasteiger charge is 2.47. The predicted octanol–water partition coefficient (Wildman–Crippen LogP) is 1.27. The first-order chi connectivity index (χ1) is 11.9. The second-order valence-electron chi connectivity index (χ2n) is 7.05. The molecule has 1 aliphatic carbocycles. The molecule has 1 saturated carbocycles. The number of fused-ring (bicyclic) bond motifs is 2. The van der Waals surface area contributed by atoms with Crippen LogP contribution in [0.25, 0.3) is 0 Å². The van der Waals surface area contributed by atoms with Gasteiger partial charge in [0.15, 0.2) is 0 Å². The van der Waals surface area contributed by atoms with E-state index in [9.17, 15) is 17.6 Å². The van der Waals surface area contributed by atoms with Crippen LogP contribution in [0.5, 0.6) is 0 Å². The second kappa shape index (κ2) is 6.34. The summed E-state index contributed by atoms with van der Waals surface area (Å²) >= 11 is 0. The number of rotatable bonds is 4. The first kappa shape index (κ1) is 16.9.